The standard InChI is InChI=1S/C19H32N2O3/c1-14(2)12-17(20-18(23)16-6-4-3-5-7-16)19(24)21-10-8-15(13-22)9-11-21/h6,14-15,17,22H,3-5,7-13H2,1-2H3,(H,20,23)/t17-/m1/s1. The third kappa shape index (κ3) is 5.33. The molecule has 0 bridgehead atoms. The van der Waals surface area contributed by atoms with E-state index in [1.807, 2.05) is 11.0 Å². The molecule has 5 nitrogen and oxygen atoms in total. The zero-order valence-electron chi connectivity index (χ0n) is 15.1. The summed E-state index contributed by atoms with van der Waals surface area (Å²) in [6, 6.07) is -0.439. The quantitative estimate of drug-likeness (QED) is 0.781. The number of likely N-dealkylation sites (tertiary alicyclic amines) is 1. The summed E-state index contributed by atoms with van der Waals surface area (Å²) in [5.41, 5.74) is 0.835. The molecule has 2 rings (SSSR count). The second kappa shape index (κ2) is 9.21. The maximum absolute atomic E-state index is 12.9. The second-order valence-corrected chi connectivity index (χ2v) is 7.58. The zero-order chi connectivity index (χ0) is 17.5. The van der Waals surface area contributed by atoms with Crippen LogP contribution >= 0.6 is 0 Å². The van der Waals surface area contributed by atoms with E-state index in [4.69, 9.17) is 0 Å². The molecule has 24 heavy (non-hydrogen) atoms. The van der Waals surface area contributed by atoms with Crippen LogP contribution in [-0.4, -0.2) is 47.6 Å². The number of carbonyl (C=O) groups is 2. The van der Waals surface area contributed by atoms with Gasteiger partial charge in [0, 0.05) is 25.3 Å². The Bertz CT molecular complexity index is 465. The minimum absolute atomic E-state index is 0.0323. The summed E-state index contributed by atoms with van der Waals surface area (Å²) in [5.74, 6) is 0.609. The van der Waals surface area contributed by atoms with Gasteiger partial charge in [-0.15, -0.1) is 0 Å². The molecule has 1 aliphatic heterocycles. The van der Waals surface area contributed by atoms with Crippen molar-refractivity contribution < 1.29 is 14.7 Å². The van der Waals surface area contributed by atoms with E-state index >= 15 is 0 Å². The molecule has 0 aromatic heterocycles. The van der Waals surface area contributed by atoms with Crippen LogP contribution in [0.2, 0.25) is 0 Å². The molecule has 0 aromatic rings. The first-order valence-corrected chi connectivity index (χ1v) is 9.40. The van der Waals surface area contributed by atoms with Gasteiger partial charge in [-0.2, -0.15) is 0 Å². The Hall–Kier alpha value is -1.36. The highest BCUT2D eigenvalue weighted by atomic mass is 16.3. The summed E-state index contributed by atoms with van der Waals surface area (Å²) in [7, 11) is 0. The van der Waals surface area contributed by atoms with Crippen molar-refractivity contribution >= 4 is 11.8 Å². The molecule has 1 fully saturated rings. The highest BCUT2D eigenvalue weighted by molar-refractivity contribution is 5.97. The molecule has 1 heterocycles. The number of nitrogens with one attached hydrogen (secondary N) is 1. The average Bonchev–Trinajstić information content (AvgIpc) is 2.61. The van der Waals surface area contributed by atoms with E-state index in [1.165, 1.54) is 0 Å². The predicted molar refractivity (Wildman–Crippen MR) is 94.3 cm³/mol. The largest absolute Gasteiger partial charge is 0.396 e. The molecule has 5 heteroatoms. The fourth-order valence-electron chi connectivity index (χ4n) is 3.54. The lowest BCUT2D eigenvalue weighted by molar-refractivity contribution is -0.137. The summed E-state index contributed by atoms with van der Waals surface area (Å²) in [6.07, 6.45) is 8.34. The molecule has 0 radical (unpaired) electrons. The van der Waals surface area contributed by atoms with Crippen molar-refractivity contribution in [1.82, 2.24) is 10.2 Å². The first-order chi connectivity index (χ1) is 11.5. The van der Waals surface area contributed by atoms with Gasteiger partial charge in [0.15, 0.2) is 0 Å². The number of allylic oxidation sites excluding steroid dienone is 1. The fourth-order valence-corrected chi connectivity index (χ4v) is 3.54. The number of hydrogen-bond acceptors (Lipinski definition) is 3. The smallest absolute Gasteiger partial charge is 0.247 e. The average molecular weight is 336 g/mol. The van der Waals surface area contributed by atoms with Crippen molar-refractivity contribution in [3.05, 3.63) is 11.6 Å². The Kier molecular flexibility index (Phi) is 7.28. The van der Waals surface area contributed by atoms with Crippen LogP contribution < -0.4 is 5.32 Å². The van der Waals surface area contributed by atoms with E-state index < -0.39 is 6.04 Å². The number of aliphatic hydroxyl groups is 1. The van der Waals surface area contributed by atoms with Crippen molar-refractivity contribution in [2.75, 3.05) is 19.7 Å². The number of carbonyl (C=O) groups excluding carboxylic acids is 2. The summed E-state index contributed by atoms with van der Waals surface area (Å²) in [4.78, 5) is 27.2. The highest BCUT2D eigenvalue weighted by Crippen LogP contribution is 2.20. The third-order valence-corrected chi connectivity index (χ3v) is 5.08. The van der Waals surface area contributed by atoms with Crippen LogP contribution in [0.3, 0.4) is 0 Å². The zero-order valence-corrected chi connectivity index (χ0v) is 15.1. The number of piperidine rings is 1. The second-order valence-electron chi connectivity index (χ2n) is 7.58. The van der Waals surface area contributed by atoms with Crippen LogP contribution in [0.15, 0.2) is 11.6 Å². The van der Waals surface area contributed by atoms with Gasteiger partial charge in [0.2, 0.25) is 11.8 Å². The van der Waals surface area contributed by atoms with Gasteiger partial charge in [0.05, 0.1) is 0 Å². The molecule has 1 atom stereocenters. The lowest BCUT2D eigenvalue weighted by Gasteiger charge is -2.34. The van der Waals surface area contributed by atoms with Crippen molar-refractivity contribution in [2.45, 2.75) is 64.8 Å². The van der Waals surface area contributed by atoms with Crippen molar-refractivity contribution in [1.29, 1.82) is 0 Å². The monoisotopic (exact) mass is 336 g/mol. The van der Waals surface area contributed by atoms with E-state index in [1.54, 1.807) is 0 Å². The van der Waals surface area contributed by atoms with Gasteiger partial charge in [0.1, 0.15) is 6.04 Å². The maximum atomic E-state index is 12.9. The van der Waals surface area contributed by atoms with E-state index in [0.717, 1.165) is 44.1 Å². The molecule has 0 saturated carbocycles. The van der Waals surface area contributed by atoms with Gasteiger partial charge in [0.25, 0.3) is 0 Å². The Balaban J connectivity index is 1.97. The summed E-state index contributed by atoms with van der Waals surface area (Å²) in [5, 5.41) is 12.2. The number of hydrogen-bond donors (Lipinski definition) is 2. The molecule has 0 aromatic carbocycles. The van der Waals surface area contributed by atoms with Crippen molar-refractivity contribution in [3.8, 4) is 0 Å². The van der Waals surface area contributed by atoms with Crippen molar-refractivity contribution in [3.63, 3.8) is 0 Å². The summed E-state index contributed by atoms with van der Waals surface area (Å²) in [6.45, 7) is 5.70. The van der Waals surface area contributed by atoms with E-state index in [0.29, 0.717) is 31.3 Å². The van der Waals surface area contributed by atoms with Crippen LogP contribution in [0.5, 0.6) is 0 Å². The van der Waals surface area contributed by atoms with Gasteiger partial charge >= 0.3 is 0 Å². The lowest BCUT2D eigenvalue weighted by Crippen LogP contribution is -2.51. The number of aliphatic hydroxyl groups excluding tert-OH is 1. The van der Waals surface area contributed by atoms with Gasteiger partial charge in [-0.1, -0.05) is 19.9 Å². The van der Waals surface area contributed by atoms with Gasteiger partial charge in [-0.3, -0.25) is 9.59 Å². The Morgan fingerprint density at radius 1 is 1.29 bits per heavy atom. The normalized spacial score (nSPS) is 20.7. The van der Waals surface area contributed by atoms with E-state index in [-0.39, 0.29) is 18.4 Å². The van der Waals surface area contributed by atoms with Crippen LogP contribution in [0.25, 0.3) is 0 Å². The first-order valence-electron chi connectivity index (χ1n) is 9.40. The van der Waals surface area contributed by atoms with Gasteiger partial charge < -0.3 is 15.3 Å². The van der Waals surface area contributed by atoms with E-state index in [9.17, 15) is 14.7 Å². The molecule has 1 saturated heterocycles. The highest BCUT2D eigenvalue weighted by Gasteiger charge is 2.30. The first kappa shape index (κ1) is 19.0. The lowest BCUT2D eigenvalue weighted by atomic mass is 9.95. The molecule has 0 spiro atoms. The van der Waals surface area contributed by atoms with Crippen LogP contribution in [-0.2, 0) is 9.59 Å². The topological polar surface area (TPSA) is 69.6 Å². The predicted octanol–water partition coefficient (Wildman–Crippen LogP) is 2.25. The van der Waals surface area contributed by atoms with Gasteiger partial charge in [-0.25, -0.2) is 0 Å². The Morgan fingerprint density at radius 2 is 2.00 bits per heavy atom. The molecule has 2 aliphatic rings. The van der Waals surface area contributed by atoms with Crippen LogP contribution in [0.4, 0.5) is 0 Å². The van der Waals surface area contributed by atoms with Crippen LogP contribution in [0.1, 0.15) is 58.8 Å². The molecule has 2 N–H and O–H groups in total. The minimum atomic E-state index is -0.439. The Labute approximate surface area is 145 Å². The number of amides is 2. The summed E-state index contributed by atoms with van der Waals surface area (Å²) < 4.78 is 0. The summed E-state index contributed by atoms with van der Waals surface area (Å²) >= 11 is 0. The van der Waals surface area contributed by atoms with E-state index in [2.05, 4.69) is 19.2 Å². The minimum Gasteiger partial charge on any atom is -0.396 e. The molecule has 136 valence electrons. The SMILES string of the molecule is CC(C)C[C@@H](NC(=O)C1=CCCCC1)C(=O)N1CCC(CO)CC1. The number of rotatable bonds is 6. The number of nitrogens with zero attached hydrogens (tertiary/aromatic N) is 1. The fraction of sp³-hybridized carbons (Fsp3) is 0.789. The molecule has 1 aliphatic carbocycles. The van der Waals surface area contributed by atoms with Crippen LogP contribution in [0, 0.1) is 11.8 Å². The molecular formula is C19H32N2O3. The molecule has 0 unspecified atom stereocenters. The van der Waals surface area contributed by atoms with Gasteiger partial charge in [-0.05, 0) is 56.8 Å². The van der Waals surface area contributed by atoms with Crippen molar-refractivity contribution in [2.24, 2.45) is 11.8 Å². The molecular weight excluding hydrogens is 304 g/mol. The third-order valence-electron chi connectivity index (χ3n) is 5.08. The Morgan fingerprint density at radius 3 is 2.54 bits per heavy atom. The molecule has 2 amide bonds. The maximum Gasteiger partial charge on any atom is 0.247 e.